The number of Topliss-reactive ketones (excluding diaryl/α,β-unsaturated/α-hetero) is 1. The lowest BCUT2D eigenvalue weighted by molar-refractivity contribution is -0.384. The lowest BCUT2D eigenvalue weighted by atomic mass is 10.1. The molecule has 0 unspecified atom stereocenters. The first-order chi connectivity index (χ1) is 8.65. The van der Waals surface area contributed by atoms with Crippen LogP contribution in [0.3, 0.4) is 0 Å². The number of non-ortho nitro benzene ring substituents is 1. The third-order valence-corrected chi connectivity index (χ3v) is 2.33. The van der Waals surface area contributed by atoms with E-state index in [0.717, 1.165) is 12.8 Å². The lowest BCUT2D eigenvalue weighted by Crippen LogP contribution is -2.09. The summed E-state index contributed by atoms with van der Waals surface area (Å²) in [7, 11) is 0. The molecule has 0 amide bonds. The van der Waals surface area contributed by atoms with Gasteiger partial charge in [-0.25, -0.2) is 0 Å². The highest BCUT2D eigenvalue weighted by atomic mass is 16.6. The van der Waals surface area contributed by atoms with E-state index in [-0.39, 0.29) is 18.1 Å². The highest BCUT2D eigenvalue weighted by Gasteiger charge is 2.09. The number of hydrogen-bond acceptors (Lipinski definition) is 4. The van der Waals surface area contributed by atoms with Crippen molar-refractivity contribution in [2.24, 2.45) is 0 Å². The molecule has 18 heavy (non-hydrogen) atoms. The van der Waals surface area contributed by atoms with Crippen molar-refractivity contribution in [3.05, 3.63) is 52.6 Å². The third kappa shape index (κ3) is 4.47. The van der Waals surface area contributed by atoms with Gasteiger partial charge in [-0.1, -0.05) is 6.08 Å². The van der Waals surface area contributed by atoms with E-state index in [9.17, 15) is 14.9 Å². The molecule has 1 aromatic carbocycles. The van der Waals surface area contributed by atoms with Crippen LogP contribution in [-0.2, 0) is 4.74 Å². The van der Waals surface area contributed by atoms with Crippen LogP contribution in [0.1, 0.15) is 23.2 Å². The van der Waals surface area contributed by atoms with Crippen LogP contribution in [0.2, 0.25) is 0 Å². The predicted octanol–water partition coefficient (Wildman–Crippen LogP) is 2.76. The Bertz CT molecular complexity index is 425. The van der Waals surface area contributed by atoms with E-state index in [4.69, 9.17) is 4.74 Å². The van der Waals surface area contributed by atoms with Crippen molar-refractivity contribution in [1.82, 2.24) is 0 Å². The number of carbonyl (C=O) groups is 1. The summed E-state index contributed by atoms with van der Waals surface area (Å²) in [5.41, 5.74) is 0.391. The van der Waals surface area contributed by atoms with Crippen LogP contribution in [-0.4, -0.2) is 23.9 Å². The fourth-order valence-corrected chi connectivity index (χ4v) is 1.35. The Balaban J connectivity index is 2.41. The molecule has 0 heterocycles. The number of nitro groups is 1. The summed E-state index contributed by atoms with van der Waals surface area (Å²) in [5.74, 6) is -0.177. The minimum Gasteiger partial charge on any atom is -0.373 e. The number of benzene rings is 1. The Morgan fingerprint density at radius 3 is 2.61 bits per heavy atom. The van der Waals surface area contributed by atoms with Gasteiger partial charge in [0.15, 0.2) is 5.78 Å². The van der Waals surface area contributed by atoms with Crippen molar-refractivity contribution in [3.63, 3.8) is 0 Å². The van der Waals surface area contributed by atoms with Gasteiger partial charge in [0.2, 0.25) is 0 Å². The van der Waals surface area contributed by atoms with Crippen molar-refractivity contribution in [3.8, 4) is 0 Å². The molecule has 0 aliphatic rings. The summed E-state index contributed by atoms with van der Waals surface area (Å²) in [6.07, 6.45) is 3.48. The van der Waals surface area contributed by atoms with Crippen LogP contribution < -0.4 is 0 Å². The number of nitro benzene ring substituents is 1. The summed E-state index contributed by atoms with van der Waals surface area (Å²) in [5, 5.41) is 10.4. The number of rotatable bonds is 8. The van der Waals surface area contributed by atoms with Gasteiger partial charge in [-0.15, -0.1) is 6.58 Å². The second-order valence-corrected chi connectivity index (χ2v) is 3.71. The number of ether oxygens (including phenoxy) is 1. The Kier molecular flexibility index (Phi) is 5.73. The summed E-state index contributed by atoms with van der Waals surface area (Å²) in [6.45, 7) is 4.09. The Morgan fingerprint density at radius 1 is 1.39 bits per heavy atom. The number of allylic oxidation sites excluding steroid dienone is 1. The van der Waals surface area contributed by atoms with Crippen molar-refractivity contribution < 1.29 is 14.5 Å². The molecule has 0 spiro atoms. The second-order valence-electron chi connectivity index (χ2n) is 3.71. The van der Waals surface area contributed by atoms with Crippen molar-refractivity contribution >= 4 is 11.5 Å². The van der Waals surface area contributed by atoms with E-state index < -0.39 is 4.92 Å². The molecule has 0 aliphatic carbocycles. The highest BCUT2D eigenvalue weighted by Crippen LogP contribution is 2.12. The fraction of sp³-hybridized carbons (Fsp3) is 0.308. The van der Waals surface area contributed by atoms with Gasteiger partial charge in [0.25, 0.3) is 5.69 Å². The minimum atomic E-state index is -0.500. The summed E-state index contributed by atoms with van der Waals surface area (Å²) < 4.78 is 5.20. The van der Waals surface area contributed by atoms with E-state index >= 15 is 0 Å². The molecule has 0 saturated heterocycles. The van der Waals surface area contributed by atoms with Crippen molar-refractivity contribution in [2.45, 2.75) is 12.8 Å². The van der Waals surface area contributed by atoms with Gasteiger partial charge in [0.05, 0.1) is 4.92 Å². The molecule has 0 aromatic heterocycles. The average Bonchev–Trinajstić information content (AvgIpc) is 2.38. The molecule has 0 aliphatic heterocycles. The molecule has 1 rings (SSSR count). The zero-order chi connectivity index (χ0) is 13.4. The van der Waals surface area contributed by atoms with Gasteiger partial charge in [-0.05, 0) is 25.0 Å². The number of unbranched alkanes of at least 4 members (excludes halogenated alkanes) is 1. The molecule has 1 aromatic rings. The SMILES string of the molecule is C=CCCCOCC(=O)c1ccc([N+](=O)[O-])cc1. The predicted molar refractivity (Wildman–Crippen MR) is 67.7 cm³/mol. The van der Waals surface area contributed by atoms with Crippen LogP contribution in [0.25, 0.3) is 0 Å². The number of carbonyl (C=O) groups excluding carboxylic acids is 1. The summed E-state index contributed by atoms with van der Waals surface area (Å²) in [6, 6.07) is 5.50. The van der Waals surface area contributed by atoms with E-state index in [0.29, 0.717) is 12.2 Å². The zero-order valence-electron chi connectivity index (χ0n) is 10.0. The largest absolute Gasteiger partial charge is 0.373 e. The van der Waals surface area contributed by atoms with Gasteiger partial charge in [-0.3, -0.25) is 14.9 Å². The molecule has 0 N–H and O–H groups in total. The number of nitrogens with zero attached hydrogens (tertiary/aromatic N) is 1. The standard InChI is InChI=1S/C13H15NO4/c1-2-3-4-9-18-10-13(15)11-5-7-12(8-6-11)14(16)17/h2,5-8H,1,3-4,9-10H2. The van der Waals surface area contributed by atoms with E-state index in [2.05, 4.69) is 6.58 Å². The van der Waals surface area contributed by atoms with Gasteiger partial charge in [0, 0.05) is 24.3 Å². The van der Waals surface area contributed by atoms with E-state index in [1.807, 2.05) is 0 Å². The Hall–Kier alpha value is -2.01. The molecule has 0 radical (unpaired) electrons. The Labute approximate surface area is 105 Å². The molecule has 0 fully saturated rings. The van der Waals surface area contributed by atoms with Crippen LogP contribution in [0, 0.1) is 10.1 Å². The van der Waals surface area contributed by atoms with Gasteiger partial charge in [0.1, 0.15) is 6.61 Å². The second kappa shape index (κ2) is 7.34. The minimum absolute atomic E-state index is 0.00501. The molecule has 0 saturated carbocycles. The van der Waals surface area contributed by atoms with Crippen LogP contribution in [0.5, 0.6) is 0 Å². The maximum atomic E-state index is 11.6. The monoisotopic (exact) mass is 249 g/mol. The quantitative estimate of drug-likeness (QED) is 0.233. The first kappa shape index (κ1) is 14.1. The third-order valence-electron chi connectivity index (χ3n) is 2.33. The normalized spacial score (nSPS) is 10.0. The summed E-state index contributed by atoms with van der Waals surface area (Å²) >= 11 is 0. The molecule has 96 valence electrons. The Morgan fingerprint density at radius 2 is 2.06 bits per heavy atom. The smallest absolute Gasteiger partial charge is 0.269 e. The van der Waals surface area contributed by atoms with Gasteiger partial charge < -0.3 is 4.74 Å². The molecule has 0 bridgehead atoms. The van der Waals surface area contributed by atoms with Crippen LogP contribution >= 0.6 is 0 Å². The van der Waals surface area contributed by atoms with E-state index in [1.54, 1.807) is 6.08 Å². The van der Waals surface area contributed by atoms with Gasteiger partial charge >= 0.3 is 0 Å². The maximum Gasteiger partial charge on any atom is 0.269 e. The first-order valence-electron chi connectivity index (χ1n) is 5.61. The number of ketones is 1. The average molecular weight is 249 g/mol. The topological polar surface area (TPSA) is 69.4 Å². The highest BCUT2D eigenvalue weighted by molar-refractivity contribution is 5.97. The maximum absolute atomic E-state index is 11.6. The van der Waals surface area contributed by atoms with Crippen molar-refractivity contribution in [1.29, 1.82) is 0 Å². The van der Waals surface area contributed by atoms with Crippen molar-refractivity contribution in [2.75, 3.05) is 13.2 Å². The molecular weight excluding hydrogens is 234 g/mol. The summed E-state index contributed by atoms with van der Waals surface area (Å²) in [4.78, 5) is 21.6. The van der Waals surface area contributed by atoms with Gasteiger partial charge in [-0.2, -0.15) is 0 Å². The fourth-order valence-electron chi connectivity index (χ4n) is 1.35. The first-order valence-corrected chi connectivity index (χ1v) is 5.61. The van der Waals surface area contributed by atoms with Crippen LogP contribution in [0.4, 0.5) is 5.69 Å². The van der Waals surface area contributed by atoms with Crippen LogP contribution in [0.15, 0.2) is 36.9 Å². The zero-order valence-corrected chi connectivity index (χ0v) is 10.0. The molecule has 0 atom stereocenters. The number of hydrogen-bond donors (Lipinski definition) is 0. The van der Waals surface area contributed by atoms with E-state index in [1.165, 1.54) is 24.3 Å². The molecule has 5 nitrogen and oxygen atoms in total. The lowest BCUT2D eigenvalue weighted by Gasteiger charge is -2.02. The molecular formula is C13H15NO4. The molecule has 5 heteroatoms.